The molecule has 0 saturated carbocycles. The molecule has 0 N–H and O–H groups in total. The zero-order chi connectivity index (χ0) is 17.4. The zero-order valence-corrected chi connectivity index (χ0v) is 15.2. The highest BCUT2D eigenvalue weighted by Crippen LogP contribution is 2.34. The number of aromatic nitrogens is 4. The van der Waals surface area contributed by atoms with Crippen LogP contribution in [-0.2, 0) is 19.0 Å². The van der Waals surface area contributed by atoms with Gasteiger partial charge in [0.25, 0.3) is 0 Å². The van der Waals surface area contributed by atoms with Gasteiger partial charge in [-0.3, -0.25) is 14.6 Å². The summed E-state index contributed by atoms with van der Waals surface area (Å²) in [7, 11) is 1.98. The van der Waals surface area contributed by atoms with Gasteiger partial charge >= 0.3 is 0 Å². The molecule has 3 aromatic rings. The average molecular weight is 335 g/mol. The highest BCUT2D eigenvalue weighted by atomic mass is 15.3. The number of pyridine rings is 2. The topological polar surface area (TPSA) is 46.8 Å². The molecule has 3 aromatic heterocycles. The summed E-state index contributed by atoms with van der Waals surface area (Å²) in [4.78, 5) is 11.8. The number of nitrogens with zero attached hydrogens (tertiary/aromatic N) is 5. The van der Waals surface area contributed by atoms with Crippen LogP contribution in [0.5, 0.6) is 0 Å². The summed E-state index contributed by atoms with van der Waals surface area (Å²) in [6.07, 6.45) is 6.17. The Bertz CT molecular complexity index is 886. The largest absolute Gasteiger partial charge is 0.298 e. The second-order valence-corrected chi connectivity index (χ2v) is 7.51. The third kappa shape index (κ3) is 3.04. The number of rotatable bonds is 3. The quantitative estimate of drug-likeness (QED) is 0.737. The minimum atomic E-state index is 0.0762. The van der Waals surface area contributed by atoms with Crippen molar-refractivity contribution in [3.8, 4) is 0 Å². The SMILES string of the molecule is Cc1nn(C)c2nc(C3(C)CCCN(Cc4cccnc4)C3)ccc12. The fourth-order valence-electron chi connectivity index (χ4n) is 4.08. The highest BCUT2D eigenvalue weighted by Gasteiger charge is 2.34. The van der Waals surface area contributed by atoms with Crippen LogP contribution in [0.3, 0.4) is 0 Å². The van der Waals surface area contributed by atoms with Crippen molar-refractivity contribution in [2.24, 2.45) is 7.05 Å². The number of likely N-dealkylation sites (tertiary alicyclic amines) is 1. The van der Waals surface area contributed by atoms with Gasteiger partial charge in [-0.05, 0) is 50.1 Å². The van der Waals surface area contributed by atoms with Crippen LogP contribution in [0.1, 0.15) is 36.7 Å². The maximum atomic E-state index is 4.99. The molecule has 0 amide bonds. The van der Waals surface area contributed by atoms with Crippen molar-refractivity contribution in [3.63, 3.8) is 0 Å². The summed E-state index contributed by atoms with van der Waals surface area (Å²) in [5, 5.41) is 5.66. The van der Waals surface area contributed by atoms with E-state index in [9.17, 15) is 0 Å². The van der Waals surface area contributed by atoms with E-state index < -0.39 is 0 Å². The lowest BCUT2D eigenvalue weighted by molar-refractivity contribution is 0.147. The standard InChI is InChI=1S/C20H25N5/c1-15-17-7-8-18(22-19(17)24(3)23-15)20(2)9-5-11-25(14-20)13-16-6-4-10-21-12-16/h4,6-8,10,12H,5,9,11,13-14H2,1-3H3. The first-order chi connectivity index (χ1) is 12.0. The number of aryl methyl sites for hydroxylation is 2. The number of piperidine rings is 1. The third-order valence-electron chi connectivity index (χ3n) is 5.39. The molecule has 5 heteroatoms. The monoisotopic (exact) mass is 335 g/mol. The predicted molar refractivity (Wildman–Crippen MR) is 99.3 cm³/mol. The molecular formula is C20H25N5. The molecule has 1 unspecified atom stereocenters. The first kappa shape index (κ1) is 16.2. The molecule has 130 valence electrons. The van der Waals surface area contributed by atoms with Gasteiger partial charge in [0, 0.05) is 43.3 Å². The molecule has 4 rings (SSSR count). The summed E-state index contributed by atoms with van der Waals surface area (Å²) < 4.78 is 1.90. The summed E-state index contributed by atoms with van der Waals surface area (Å²) in [5.74, 6) is 0. The lowest BCUT2D eigenvalue weighted by Gasteiger charge is -2.40. The lowest BCUT2D eigenvalue weighted by Crippen LogP contribution is -2.44. The molecule has 0 radical (unpaired) electrons. The maximum absolute atomic E-state index is 4.99. The van der Waals surface area contributed by atoms with E-state index >= 15 is 0 Å². The van der Waals surface area contributed by atoms with Crippen molar-refractivity contribution in [2.45, 2.75) is 38.6 Å². The second kappa shape index (κ2) is 6.23. The Balaban J connectivity index is 1.61. The van der Waals surface area contributed by atoms with Crippen molar-refractivity contribution in [1.29, 1.82) is 0 Å². The molecule has 4 heterocycles. The van der Waals surface area contributed by atoms with Crippen LogP contribution in [-0.4, -0.2) is 37.7 Å². The smallest absolute Gasteiger partial charge is 0.158 e. The molecule has 5 nitrogen and oxygen atoms in total. The Morgan fingerprint density at radius 2 is 2.12 bits per heavy atom. The molecule has 0 bridgehead atoms. The van der Waals surface area contributed by atoms with Crippen LogP contribution in [0, 0.1) is 6.92 Å². The van der Waals surface area contributed by atoms with E-state index in [0.717, 1.165) is 36.4 Å². The molecular weight excluding hydrogens is 310 g/mol. The minimum absolute atomic E-state index is 0.0762. The number of hydrogen-bond donors (Lipinski definition) is 0. The van der Waals surface area contributed by atoms with Gasteiger partial charge in [-0.1, -0.05) is 13.0 Å². The van der Waals surface area contributed by atoms with Crippen LogP contribution >= 0.6 is 0 Å². The second-order valence-electron chi connectivity index (χ2n) is 7.51. The van der Waals surface area contributed by atoms with Gasteiger partial charge in [0.2, 0.25) is 0 Å². The number of fused-ring (bicyclic) bond motifs is 1. The molecule has 1 atom stereocenters. The third-order valence-corrected chi connectivity index (χ3v) is 5.39. The Labute approximate surface area is 148 Å². The molecule has 1 aliphatic rings. The maximum Gasteiger partial charge on any atom is 0.158 e. The Morgan fingerprint density at radius 3 is 2.92 bits per heavy atom. The minimum Gasteiger partial charge on any atom is -0.298 e. The molecule has 0 aliphatic carbocycles. The van der Waals surface area contributed by atoms with E-state index in [1.807, 2.05) is 37.1 Å². The van der Waals surface area contributed by atoms with E-state index in [4.69, 9.17) is 4.98 Å². The van der Waals surface area contributed by atoms with Crippen LogP contribution in [0.4, 0.5) is 0 Å². The van der Waals surface area contributed by atoms with E-state index in [1.165, 1.54) is 24.1 Å². The van der Waals surface area contributed by atoms with E-state index in [0.29, 0.717) is 0 Å². The van der Waals surface area contributed by atoms with Crippen LogP contribution in [0.15, 0.2) is 36.7 Å². The highest BCUT2D eigenvalue weighted by molar-refractivity contribution is 5.78. The van der Waals surface area contributed by atoms with Crippen molar-refractivity contribution < 1.29 is 0 Å². The van der Waals surface area contributed by atoms with Crippen molar-refractivity contribution >= 4 is 11.0 Å². The van der Waals surface area contributed by atoms with Crippen molar-refractivity contribution in [3.05, 3.63) is 53.6 Å². The summed E-state index contributed by atoms with van der Waals surface area (Å²) in [5.41, 5.74) is 4.56. The Morgan fingerprint density at radius 1 is 1.24 bits per heavy atom. The average Bonchev–Trinajstić information content (AvgIpc) is 2.90. The summed E-state index contributed by atoms with van der Waals surface area (Å²) >= 11 is 0. The summed E-state index contributed by atoms with van der Waals surface area (Å²) in [6, 6.07) is 8.55. The fourth-order valence-corrected chi connectivity index (χ4v) is 4.08. The molecule has 0 spiro atoms. The van der Waals surface area contributed by atoms with Crippen molar-refractivity contribution in [2.75, 3.05) is 13.1 Å². The first-order valence-corrected chi connectivity index (χ1v) is 8.97. The van der Waals surface area contributed by atoms with Gasteiger partial charge in [-0.15, -0.1) is 0 Å². The van der Waals surface area contributed by atoms with Crippen molar-refractivity contribution in [1.82, 2.24) is 24.6 Å². The molecule has 1 fully saturated rings. The summed E-state index contributed by atoms with van der Waals surface area (Å²) in [6.45, 7) is 7.51. The van der Waals surface area contributed by atoms with Gasteiger partial charge in [-0.25, -0.2) is 4.98 Å². The van der Waals surface area contributed by atoms with Gasteiger partial charge in [0.15, 0.2) is 5.65 Å². The molecule has 25 heavy (non-hydrogen) atoms. The van der Waals surface area contributed by atoms with Crippen LogP contribution in [0.2, 0.25) is 0 Å². The predicted octanol–water partition coefficient (Wildman–Crippen LogP) is 3.23. The van der Waals surface area contributed by atoms with Gasteiger partial charge in [0.05, 0.1) is 11.4 Å². The Hall–Kier alpha value is -2.27. The van der Waals surface area contributed by atoms with Gasteiger partial charge in [-0.2, -0.15) is 5.10 Å². The van der Waals surface area contributed by atoms with Gasteiger partial charge in [0.1, 0.15) is 0 Å². The van der Waals surface area contributed by atoms with E-state index in [-0.39, 0.29) is 5.41 Å². The van der Waals surface area contributed by atoms with E-state index in [1.54, 1.807) is 0 Å². The lowest BCUT2D eigenvalue weighted by atomic mass is 9.78. The van der Waals surface area contributed by atoms with Crippen LogP contribution < -0.4 is 0 Å². The Kier molecular flexibility index (Phi) is 4.04. The number of hydrogen-bond acceptors (Lipinski definition) is 4. The van der Waals surface area contributed by atoms with Crippen LogP contribution in [0.25, 0.3) is 11.0 Å². The normalized spacial score (nSPS) is 21.7. The molecule has 1 saturated heterocycles. The van der Waals surface area contributed by atoms with E-state index in [2.05, 4.69) is 40.1 Å². The zero-order valence-electron chi connectivity index (χ0n) is 15.2. The fraction of sp³-hybridized carbons (Fsp3) is 0.450. The van der Waals surface area contributed by atoms with Gasteiger partial charge < -0.3 is 0 Å². The molecule has 0 aromatic carbocycles. The molecule has 1 aliphatic heterocycles. The first-order valence-electron chi connectivity index (χ1n) is 8.97.